The number of amides is 1. The summed E-state index contributed by atoms with van der Waals surface area (Å²) in [4.78, 5) is 11.8. The molecule has 2 N–H and O–H groups in total. The van der Waals surface area contributed by atoms with Crippen molar-refractivity contribution in [3.8, 4) is 11.1 Å². The van der Waals surface area contributed by atoms with Crippen LogP contribution in [0.15, 0.2) is 60.7 Å². The van der Waals surface area contributed by atoms with Crippen LogP contribution in [0.4, 0.5) is 0 Å². The van der Waals surface area contributed by atoms with Gasteiger partial charge in [0.15, 0.2) is 0 Å². The Morgan fingerprint density at radius 3 is 2.45 bits per heavy atom. The second-order valence-electron chi connectivity index (χ2n) is 5.52. The number of rotatable bonds is 4. The number of carbonyl (C=O) groups is 1. The monoisotopic (exact) mass is 292 g/mol. The summed E-state index contributed by atoms with van der Waals surface area (Å²) < 4.78 is 0. The van der Waals surface area contributed by atoms with Gasteiger partial charge in [-0.2, -0.15) is 0 Å². The highest BCUT2D eigenvalue weighted by atomic mass is 16.1. The fraction of sp³-hybridized carbons (Fsp3) is 0.211. The van der Waals surface area contributed by atoms with Gasteiger partial charge < -0.3 is 10.6 Å². The van der Waals surface area contributed by atoms with Gasteiger partial charge in [-0.05, 0) is 35.7 Å². The highest BCUT2D eigenvalue weighted by Gasteiger charge is 2.14. The van der Waals surface area contributed by atoms with E-state index in [2.05, 4.69) is 34.9 Å². The van der Waals surface area contributed by atoms with Crippen molar-refractivity contribution >= 4 is 12.0 Å². The Morgan fingerprint density at radius 1 is 1.05 bits per heavy atom. The zero-order chi connectivity index (χ0) is 15.2. The fourth-order valence-corrected chi connectivity index (χ4v) is 2.62. The van der Waals surface area contributed by atoms with Crippen molar-refractivity contribution in [2.75, 3.05) is 13.1 Å². The van der Waals surface area contributed by atoms with Gasteiger partial charge >= 0.3 is 0 Å². The maximum Gasteiger partial charge on any atom is 0.244 e. The van der Waals surface area contributed by atoms with E-state index in [1.165, 1.54) is 11.1 Å². The molecule has 3 nitrogen and oxygen atoms in total. The average Bonchev–Trinajstić information content (AvgIpc) is 3.07. The van der Waals surface area contributed by atoms with Crippen LogP contribution in [0.1, 0.15) is 12.0 Å². The lowest BCUT2D eigenvalue weighted by Crippen LogP contribution is -2.34. The molecule has 1 unspecified atom stereocenters. The third-order valence-corrected chi connectivity index (χ3v) is 3.85. The van der Waals surface area contributed by atoms with Crippen molar-refractivity contribution in [3.05, 3.63) is 66.2 Å². The Morgan fingerprint density at radius 2 is 1.77 bits per heavy atom. The average molecular weight is 292 g/mol. The van der Waals surface area contributed by atoms with E-state index in [0.29, 0.717) is 0 Å². The van der Waals surface area contributed by atoms with Crippen LogP contribution < -0.4 is 10.6 Å². The van der Waals surface area contributed by atoms with Gasteiger partial charge in [0, 0.05) is 18.7 Å². The first-order valence-electron chi connectivity index (χ1n) is 7.66. The normalized spacial score (nSPS) is 17.7. The van der Waals surface area contributed by atoms with E-state index < -0.39 is 0 Å². The van der Waals surface area contributed by atoms with Gasteiger partial charge in [0.1, 0.15) is 0 Å². The topological polar surface area (TPSA) is 41.1 Å². The van der Waals surface area contributed by atoms with Gasteiger partial charge in [0.25, 0.3) is 0 Å². The van der Waals surface area contributed by atoms with E-state index in [4.69, 9.17) is 0 Å². The molecule has 0 radical (unpaired) electrons. The first-order chi connectivity index (χ1) is 10.8. The standard InChI is InChI=1S/C19H20N2O/c22-19(21-18-12-13-20-14-18)11-8-15-6-9-17(10-7-15)16-4-2-1-3-5-16/h1-11,18,20H,12-14H2,(H,21,22)/b11-8+. The SMILES string of the molecule is O=C(/C=C/c1ccc(-c2ccccc2)cc1)NC1CCNC1. The zero-order valence-electron chi connectivity index (χ0n) is 12.5. The molecule has 0 saturated carbocycles. The number of benzene rings is 2. The van der Waals surface area contributed by atoms with Gasteiger partial charge in [-0.3, -0.25) is 4.79 Å². The Balaban J connectivity index is 1.60. The molecule has 0 aromatic heterocycles. The molecule has 1 aliphatic heterocycles. The lowest BCUT2D eigenvalue weighted by Gasteiger charge is -2.08. The minimum absolute atomic E-state index is 0.0270. The third kappa shape index (κ3) is 3.83. The van der Waals surface area contributed by atoms with Crippen molar-refractivity contribution in [3.63, 3.8) is 0 Å². The van der Waals surface area contributed by atoms with Crippen LogP contribution in [-0.2, 0) is 4.79 Å². The van der Waals surface area contributed by atoms with Crippen LogP contribution in [0.5, 0.6) is 0 Å². The van der Waals surface area contributed by atoms with Crippen molar-refractivity contribution in [2.24, 2.45) is 0 Å². The Labute approximate surface area is 131 Å². The Kier molecular flexibility index (Phi) is 4.66. The summed E-state index contributed by atoms with van der Waals surface area (Å²) in [5.74, 6) is -0.0270. The predicted octanol–water partition coefficient (Wildman–Crippen LogP) is 2.84. The molecule has 1 heterocycles. The zero-order valence-corrected chi connectivity index (χ0v) is 12.5. The number of carbonyl (C=O) groups excluding carboxylic acids is 1. The van der Waals surface area contributed by atoms with Gasteiger partial charge in [-0.1, -0.05) is 54.6 Å². The summed E-state index contributed by atoms with van der Waals surface area (Å²) in [6, 6.07) is 18.7. The van der Waals surface area contributed by atoms with Crippen LogP contribution in [0, 0.1) is 0 Å². The van der Waals surface area contributed by atoms with Crippen LogP contribution >= 0.6 is 0 Å². The van der Waals surface area contributed by atoms with Crippen molar-refractivity contribution in [2.45, 2.75) is 12.5 Å². The molecular weight excluding hydrogens is 272 g/mol. The lowest BCUT2D eigenvalue weighted by atomic mass is 10.0. The Bertz CT molecular complexity index is 641. The highest BCUT2D eigenvalue weighted by molar-refractivity contribution is 5.92. The molecule has 0 spiro atoms. The first-order valence-corrected chi connectivity index (χ1v) is 7.66. The number of hydrogen-bond donors (Lipinski definition) is 2. The summed E-state index contributed by atoms with van der Waals surface area (Å²) in [5.41, 5.74) is 3.41. The van der Waals surface area contributed by atoms with Crippen LogP contribution in [-0.4, -0.2) is 25.0 Å². The van der Waals surface area contributed by atoms with Gasteiger partial charge in [0.05, 0.1) is 0 Å². The molecule has 1 fully saturated rings. The lowest BCUT2D eigenvalue weighted by molar-refractivity contribution is -0.117. The van der Waals surface area contributed by atoms with Gasteiger partial charge in [0.2, 0.25) is 5.91 Å². The summed E-state index contributed by atoms with van der Waals surface area (Å²) in [6.45, 7) is 1.85. The predicted molar refractivity (Wildman–Crippen MR) is 90.3 cm³/mol. The van der Waals surface area contributed by atoms with Crippen molar-refractivity contribution in [1.29, 1.82) is 0 Å². The fourth-order valence-electron chi connectivity index (χ4n) is 2.62. The molecule has 3 rings (SSSR count). The number of hydrogen-bond acceptors (Lipinski definition) is 2. The molecule has 112 valence electrons. The number of nitrogens with one attached hydrogen (secondary N) is 2. The Hall–Kier alpha value is -2.39. The molecule has 1 amide bonds. The second-order valence-corrected chi connectivity index (χ2v) is 5.52. The van der Waals surface area contributed by atoms with Crippen molar-refractivity contribution < 1.29 is 4.79 Å². The molecule has 2 aromatic carbocycles. The molecule has 1 aliphatic rings. The summed E-state index contributed by atoms with van der Waals surface area (Å²) >= 11 is 0. The minimum Gasteiger partial charge on any atom is -0.348 e. The van der Waals surface area contributed by atoms with E-state index >= 15 is 0 Å². The van der Waals surface area contributed by atoms with E-state index in [1.807, 2.05) is 36.4 Å². The van der Waals surface area contributed by atoms with E-state index in [1.54, 1.807) is 6.08 Å². The van der Waals surface area contributed by atoms with Gasteiger partial charge in [-0.25, -0.2) is 0 Å². The first kappa shape index (κ1) is 14.5. The maximum absolute atomic E-state index is 11.8. The summed E-state index contributed by atoms with van der Waals surface area (Å²) in [5, 5.41) is 6.23. The quantitative estimate of drug-likeness (QED) is 0.851. The molecule has 0 bridgehead atoms. The third-order valence-electron chi connectivity index (χ3n) is 3.85. The summed E-state index contributed by atoms with van der Waals surface area (Å²) in [7, 11) is 0. The molecule has 0 aliphatic carbocycles. The maximum atomic E-state index is 11.8. The van der Waals surface area contributed by atoms with Crippen LogP contribution in [0.2, 0.25) is 0 Å². The molecule has 22 heavy (non-hydrogen) atoms. The molecule has 1 saturated heterocycles. The molecule has 3 heteroatoms. The smallest absolute Gasteiger partial charge is 0.244 e. The van der Waals surface area contributed by atoms with E-state index in [0.717, 1.165) is 25.1 Å². The van der Waals surface area contributed by atoms with Gasteiger partial charge in [-0.15, -0.1) is 0 Å². The van der Waals surface area contributed by atoms with Crippen molar-refractivity contribution in [1.82, 2.24) is 10.6 Å². The molecular formula is C19H20N2O. The molecule has 2 aromatic rings. The minimum atomic E-state index is -0.0270. The molecule has 1 atom stereocenters. The largest absolute Gasteiger partial charge is 0.348 e. The van der Waals surface area contributed by atoms with Crippen LogP contribution in [0.25, 0.3) is 17.2 Å². The van der Waals surface area contributed by atoms with Crippen LogP contribution in [0.3, 0.4) is 0 Å². The second kappa shape index (κ2) is 7.05. The van der Waals surface area contributed by atoms with E-state index in [-0.39, 0.29) is 11.9 Å². The summed E-state index contributed by atoms with van der Waals surface area (Å²) in [6.07, 6.45) is 4.47. The van der Waals surface area contributed by atoms with E-state index in [9.17, 15) is 4.79 Å². The highest BCUT2D eigenvalue weighted by Crippen LogP contribution is 2.19.